The molecule has 0 amide bonds. The Balaban J connectivity index is 2.07. The number of fused-ring (bicyclic) bond motifs is 1. The maximum absolute atomic E-state index is 12.7. The second kappa shape index (κ2) is 6.40. The smallest absolute Gasteiger partial charge is 0.349 e. The lowest BCUT2D eigenvalue weighted by Crippen LogP contribution is -2.24. The summed E-state index contributed by atoms with van der Waals surface area (Å²) in [5.41, 5.74) is 0. The monoisotopic (exact) mass is 367 g/mol. The molecule has 0 atom stereocenters. The van der Waals surface area contributed by atoms with E-state index in [9.17, 15) is 13.2 Å². The van der Waals surface area contributed by atoms with Crippen molar-refractivity contribution in [2.24, 2.45) is 0 Å². The molecule has 0 bridgehead atoms. The Morgan fingerprint density at radius 2 is 2.00 bits per heavy atom. The normalized spacial score (nSPS) is 11.7. The van der Waals surface area contributed by atoms with E-state index >= 15 is 0 Å². The van der Waals surface area contributed by atoms with Gasteiger partial charge in [0.1, 0.15) is 9.77 Å². The van der Waals surface area contributed by atoms with Crippen molar-refractivity contribution in [2.45, 2.75) is 11.4 Å². The van der Waals surface area contributed by atoms with Crippen LogP contribution in [0.5, 0.6) is 0 Å². The summed E-state index contributed by atoms with van der Waals surface area (Å²) in [7, 11) is -2.60. The van der Waals surface area contributed by atoms with E-state index in [2.05, 4.69) is 4.72 Å². The van der Waals surface area contributed by atoms with Gasteiger partial charge in [-0.25, -0.2) is 17.9 Å². The largest absolute Gasteiger partial charge is 0.465 e. The van der Waals surface area contributed by atoms with Gasteiger partial charge in [-0.15, -0.1) is 22.7 Å². The first-order valence-corrected chi connectivity index (χ1v) is 9.83. The molecule has 0 radical (unpaired) electrons. The van der Waals surface area contributed by atoms with Crippen molar-refractivity contribution in [3.05, 3.63) is 51.5 Å². The topological polar surface area (TPSA) is 72.5 Å². The molecule has 0 saturated carbocycles. The molecule has 0 saturated heterocycles. The van der Waals surface area contributed by atoms with E-state index < -0.39 is 16.0 Å². The average molecular weight is 367 g/mol. The maximum Gasteiger partial charge on any atom is 0.349 e. The van der Waals surface area contributed by atoms with Gasteiger partial charge in [0, 0.05) is 21.5 Å². The molecule has 0 aliphatic carbocycles. The Bertz CT molecular complexity index is 942. The summed E-state index contributed by atoms with van der Waals surface area (Å²) in [4.78, 5) is 13.0. The fourth-order valence-corrected chi connectivity index (χ4v) is 5.72. The van der Waals surface area contributed by atoms with Crippen LogP contribution in [0.3, 0.4) is 0 Å². The van der Waals surface area contributed by atoms with Crippen LogP contribution < -0.4 is 4.72 Å². The van der Waals surface area contributed by atoms with Crippen LogP contribution in [0.2, 0.25) is 0 Å². The molecule has 1 N–H and O–H groups in total. The molecule has 1 aromatic carbocycles. The molecule has 2 heterocycles. The average Bonchev–Trinajstić information content (AvgIpc) is 3.19. The highest BCUT2D eigenvalue weighted by atomic mass is 32.2. The molecule has 0 unspecified atom stereocenters. The van der Waals surface area contributed by atoms with E-state index in [1.807, 2.05) is 17.5 Å². The number of methoxy groups -OCH3 is 1. The zero-order chi connectivity index (χ0) is 16.4. The number of esters is 1. The number of hydrogen-bond acceptors (Lipinski definition) is 6. The fraction of sp³-hybridized carbons (Fsp3) is 0.133. The molecule has 0 spiro atoms. The van der Waals surface area contributed by atoms with Crippen molar-refractivity contribution in [2.75, 3.05) is 7.11 Å². The van der Waals surface area contributed by atoms with Crippen LogP contribution in [0.1, 0.15) is 14.5 Å². The van der Waals surface area contributed by atoms with Crippen LogP contribution in [0.15, 0.2) is 46.7 Å². The van der Waals surface area contributed by atoms with Crippen LogP contribution in [0, 0.1) is 0 Å². The molecule has 0 aliphatic rings. The molecule has 0 aliphatic heterocycles. The van der Waals surface area contributed by atoms with Gasteiger partial charge in [0.25, 0.3) is 0 Å². The second-order valence-electron chi connectivity index (χ2n) is 4.65. The first-order chi connectivity index (χ1) is 11.0. The fourth-order valence-electron chi connectivity index (χ4n) is 2.17. The highest BCUT2D eigenvalue weighted by molar-refractivity contribution is 7.90. The minimum absolute atomic E-state index is 0.0125. The lowest BCUT2D eigenvalue weighted by Gasteiger charge is -2.07. The predicted molar refractivity (Wildman–Crippen MR) is 91.5 cm³/mol. The first-order valence-electron chi connectivity index (χ1n) is 6.65. The van der Waals surface area contributed by atoms with Crippen molar-refractivity contribution >= 4 is 48.8 Å². The van der Waals surface area contributed by atoms with Gasteiger partial charge in [-0.3, -0.25) is 0 Å². The SMILES string of the molecule is COC(=O)c1sc2ccccc2c1S(=O)(=O)NCc1cccs1. The van der Waals surface area contributed by atoms with Gasteiger partial charge in [-0.05, 0) is 17.5 Å². The van der Waals surface area contributed by atoms with Crippen molar-refractivity contribution in [1.82, 2.24) is 4.72 Å². The zero-order valence-corrected chi connectivity index (χ0v) is 14.6. The van der Waals surface area contributed by atoms with Crippen LogP contribution in [-0.4, -0.2) is 21.5 Å². The standard InChI is InChI=1S/C15H13NO4S3/c1-20-15(17)13-14(11-6-2-3-7-12(11)22-13)23(18,19)16-9-10-5-4-8-21-10/h2-8,16H,9H2,1H3. The number of sulfonamides is 1. The summed E-state index contributed by atoms with van der Waals surface area (Å²) < 4.78 is 33.5. The van der Waals surface area contributed by atoms with E-state index in [-0.39, 0.29) is 16.3 Å². The molecule has 3 aromatic rings. The molecule has 3 rings (SSSR count). The number of carbonyl (C=O) groups is 1. The lowest BCUT2D eigenvalue weighted by molar-refractivity contribution is 0.0602. The van der Waals surface area contributed by atoms with Crippen LogP contribution >= 0.6 is 22.7 Å². The highest BCUT2D eigenvalue weighted by Crippen LogP contribution is 2.35. The predicted octanol–water partition coefficient (Wildman–Crippen LogP) is 3.23. The Morgan fingerprint density at radius 1 is 1.22 bits per heavy atom. The molecular weight excluding hydrogens is 354 g/mol. The number of nitrogens with one attached hydrogen (secondary N) is 1. The van der Waals surface area contributed by atoms with Crippen molar-refractivity contribution in [3.63, 3.8) is 0 Å². The Kier molecular flexibility index (Phi) is 4.49. The minimum atomic E-state index is -3.84. The number of benzene rings is 1. The third-order valence-electron chi connectivity index (χ3n) is 3.21. The van der Waals surface area contributed by atoms with Gasteiger partial charge in [0.2, 0.25) is 10.0 Å². The summed E-state index contributed by atoms with van der Waals surface area (Å²) in [6.45, 7) is 0.185. The summed E-state index contributed by atoms with van der Waals surface area (Å²) in [6, 6.07) is 10.7. The second-order valence-corrected chi connectivity index (χ2v) is 8.44. The third kappa shape index (κ3) is 3.16. The molecule has 23 heavy (non-hydrogen) atoms. The zero-order valence-electron chi connectivity index (χ0n) is 12.1. The molecule has 8 heteroatoms. The summed E-state index contributed by atoms with van der Waals surface area (Å²) in [5.74, 6) is -0.650. The van der Waals surface area contributed by atoms with Gasteiger partial charge in [-0.2, -0.15) is 0 Å². The molecule has 5 nitrogen and oxygen atoms in total. The Hall–Kier alpha value is -1.74. The van der Waals surface area contributed by atoms with Crippen molar-refractivity contribution < 1.29 is 17.9 Å². The van der Waals surface area contributed by atoms with Gasteiger partial charge >= 0.3 is 5.97 Å². The number of rotatable bonds is 5. The number of thiophene rings is 2. The Morgan fingerprint density at radius 3 is 2.70 bits per heavy atom. The van der Waals surface area contributed by atoms with E-state index in [1.165, 1.54) is 18.4 Å². The lowest BCUT2D eigenvalue weighted by atomic mass is 10.2. The quantitative estimate of drug-likeness (QED) is 0.703. The van der Waals surface area contributed by atoms with E-state index in [0.717, 1.165) is 20.9 Å². The van der Waals surface area contributed by atoms with Crippen molar-refractivity contribution in [1.29, 1.82) is 0 Å². The van der Waals surface area contributed by atoms with E-state index in [4.69, 9.17) is 4.74 Å². The van der Waals surface area contributed by atoms with E-state index in [1.54, 1.807) is 24.3 Å². The first kappa shape index (κ1) is 16.1. The summed E-state index contributed by atoms with van der Waals surface area (Å²) in [5, 5.41) is 2.40. The van der Waals surface area contributed by atoms with Gasteiger partial charge < -0.3 is 4.74 Å². The van der Waals surface area contributed by atoms with Gasteiger partial charge in [-0.1, -0.05) is 24.3 Å². The number of hydrogen-bond donors (Lipinski definition) is 1. The summed E-state index contributed by atoms with van der Waals surface area (Å²) >= 11 is 2.58. The minimum Gasteiger partial charge on any atom is -0.465 e. The molecule has 120 valence electrons. The molecule has 0 fully saturated rings. The van der Waals surface area contributed by atoms with E-state index in [0.29, 0.717) is 5.39 Å². The van der Waals surface area contributed by atoms with Crippen LogP contribution in [0.4, 0.5) is 0 Å². The third-order valence-corrected chi connectivity index (χ3v) is 6.85. The number of carbonyl (C=O) groups excluding carboxylic acids is 1. The maximum atomic E-state index is 12.7. The molecule has 2 aromatic heterocycles. The highest BCUT2D eigenvalue weighted by Gasteiger charge is 2.28. The van der Waals surface area contributed by atoms with Crippen LogP contribution in [-0.2, 0) is 21.3 Å². The number of ether oxygens (including phenoxy) is 1. The molecular formula is C15H13NO4S3. The van der Waals surface area contributed by atoms with Crippen LogP contribution in [0.25, 0.3) is 10.1 Å². The Labute approximate surface area is 141 Å². The summed E-state index contributed by atoms with van der Waals surface area (Å²) in [6.07, 6.45) is 0. The van der Waals surface area contributed by atoms with Crippen molar-refractivity contribution in [3.8, 4) is 0 Å². The van der Waals surface area contributed by atoms with Gasteiger partial charge in [0.15, 0.2) is 0 Å². The van der Waals surface area contributed by atoms with Gasteiger partial charge in [0.05, 0.1) is 7.11 Å².